The Morgan fingerprint density at radius 2 is 1.93 bits per heavy atom. The molecule has 2 aromatic carbocycles. The normalized spacial score (nSPS) is 23.5. The first-order valence-corrected chi connectivity index (χ1v) is 9.65. The maximum Gasteiger partial charge on any atom is 0.258 e. The molecule has 0 radical (unpaired) electrons. The van der Waals surface area contributed by atoms with Crippen molar-refractivity contribution < 1.29 is 14.0 Å². The second kappa shape index (κ2) is 7.36. The zero-order valence-corrected chi connectivity index (χ0v) is 15.8. The molecule has 3 atom stereocenters. The quantitative estimate of drug-likeness (QED) is 0.857. The van der Waals surface area contributed by atoms with E-state index in [1.54, 1.807) is 24.3 Å². The Labute approximate surface area is 163 Å². The number of hydrogen-bond donors (Lipinski definition) is 2. The zero-order chi connectivity index (χ0) is 19.8. The van der Waals surface area contributed by atoms with E-state index in [4.69, 9.17) is 5.73 Å². The summed E-state index contributed by atoms with van der Waals surface area (Å²) in [4.78, 5) is 27.3. The highest BCUT2D eigenvalue weighted by Crippen LogP contribution is 2.37. The zero-order valence-electron chi connectivity index (χ0n) is 15.8. The maximum absolute atomic E-state index is 13.9. The summed E-state index contributed by atoms with van der Waals surface area (Å²) < 4.78 is 13.9. The van der Waals surface area contributed by atoms with E-state index >= 15 is 0 Å². The Balaban J connectivity index is 1.52. The summed E-state index contributed by atoms with van der Waals surface area (Å²) in [5.41, 5.74) is 7.98. The topological polar surface area (TPSA) is 75.4 Å². The number of carbonyl (C=O) groups excluding carboxylic acids is 2. The van der Waals surface area contributed by atoms with Gasteiger partial charge < -0.3 is 16.0 Å². The highest BCUT2D eigenvalue weighted by atomic mass is 19.1. The van der Waals surface area contributed by atoms with E-state index < -0.39 is 11.7 Å². The van der Waals surface area contributed by atoms with Crippen LogP contribution >= 0.6 is 0 Å². The summed E-state index contributed by atoms with van der Waals surface area (Å²) in [6, 6.07) is 11.2. The minimum atomic E-state index is -0.579. The van der Waals surface area contributed by atoms with Crippen molar-refractivity contribution in [2.45, 2.75) is 25.8 Å². The lowest BCUT2D eigenvalue weighted by atomic mass is 9.98. The van der Waals surface area contributed by atoms with Crippen LogP contribution < -0.4 is 11.1 Å². The number of nitrogens with one attached hydrogen (secondary N) is 1. The number of nitrogens with two attached hydrogens (primary N) is 1. The number of hydrogen-bond acceptors (Lipinski definition) is 3. The lowest BCUT2D eigenvalue weighted by Crippen LogP contribution is -2.33. The van der Waals surface area contributed by atoms with Gasteiger partial charge in [0.15, 0.2) is 0 Å². The van der Waals surface area contributed by atoms with Crippen LogP contribution in [0.4, 0.5) is 10.1 Å². The second-order valence-electron chi connectivity index (χ2n) is 7.84. The van der Waals surface area contributed by atoms with Crippen LogP contribution in [-0.2, 0) is 0 Å². The van der Waals surface area contributed by atoms with Crippen LogP contribution in [0.3, 0.4) is 0 Å². The molecule has 0 bridgehead atoms. The molecular formula is C22H24FN3O2. The van der Waals surface area contributed by atoms with E-state index in [1.165, 1.54) is 18.2 Å². The van der Waals surface area contributed by atoms with Gasteiger partial charge in [-0.2, -0.15) is 0 Å². The summed E-state index contributed by atoms with van der Waals surface area (Å²) in [5.74, 6) is -0.292. The molecule has 28 heavy (non-hydrogen) atoms. The Hall–Kier alpha value is -2.73. The molecule has 2 aromatic rings. The number of benzene rings is 2. The fraction of sp³-hybridized carbons (Fsp3) is 0.364. The summed E-state index contributed by atoms with van der Waals surface area (Å²) in [7, 11) is 0. The summed E-state index contributed by atoms with van der Waals surface area (Å²) in [6.45, 7) is 3.27. The average Bonchev–Trinajstić information content (AvgIpc) is 3.25. The third-order valence-corrected chi connectivity index (χ3v) is 6.05. The molecule has 1 saturated heterocycles. The number of anilines is 1. The fourth-order valence-corrected chi connectivity index (χ4v) is 4.38. The summed E-state index contributed by atoms with van der Waals surface area (Å²) in [6.07, 6.45) is 2.11. The molecular weight excluding hydrogens is 357 g/mol. The lowest BCUT2D eigenvalue weighted by molar-refractivity contribution is 0.0779. The van der Waals surface area contributed by atoms with Gasteiger partial charge in [-0.05, 0) is 61.4 Å². The van der Waals surface area contributed by atoms with Gasteiger partial charge in [-0.25, -0.2) is 4.39 Å². The molecule has 2 aliphatic rings. The molecule has 5 nitrogen and oxygen atoms in total. The SMILES string of the molecule is Cc1ccc(C(=O)N2CC3CCC(N)C3C2)cc1NC(=O)c1ccccc1F. The van der Waals surface area contributed by atoms with Crippen LogP contribution in [0, 0.1) is 24.6 Å². The smallest absolute Gasteiger partial charge is 0.258 e. The molecule has 6 heteroatoms. The molecule has 0 spiro atoms. The van der Waals surface area contributed by atoms with Gasteiger partial charge in [0.05, 0.1) is 5.56 Å². The van der Waals surface area contributed by atoms with Gasteiger partial charge in [0.2, 0.25) is 0 Å². The van der Waals surface area contributed by atoms with E-state index in [0.29, 0.717) is 29.6 Å². The molecule has 1 heterocycles. The predicted octanol–water partition coefficient (Wildman–Crippen LogP) is 3.20. The van der Waals surface area contributed by atoms with Gasteiger partial charge in [-0.15, -0.1) is 0 Å². The van der Waals surface area contributed by atoms with Crippen LogP contribution in [-0.4, -0.2) is 35.8 Å². The number of fused-ring (bicyclic) bond motifs is 1. The highest BCUT2D eigenvalue weighted by Gasteiger charge is 2.42. The molecule has 2 amide bonds. The van der Waals surface area contributed by atoms with E-state index in [1.807, 2.05) is 11.8 Å². The third kappa shape index (κ3) is 3.40. The first kappa shape index (κ1) is 18.6. The van der Waals surface area contributed by atoms with E-state index in [9.17, 15) is 14.0 Å². The standard InChI is InChI=1S/C22H24FN3O2/c1-13-6-7-14(22(28)26-11-15-8-9-19(24)17(15)12-26)10-20(13)25-21(27)16-4-2-3-5-18(16)23/h2-7,10,15,17,19H,8-9,11-12,24H2,1H3,(H,25,27). The van der Waals surface area contributed by atoms with Crippen molar-refractivity contribution in [3.8, 4) is 0 Å². The van der Waals surface area contributed by atoms with Gasteiger partial charge in [0, 0.05) is 30.4 Å². The molecule has 1 aliphatic carbocycles. The van der Waals surface area contributed by atoms with Gasteiger partial charge >= 0.3 is 0 Å². The Bertz CT molecular complexity index is 930. The van der Waals surface area contributed by atoms with Gasteiger partial charge in [0.25, 0.3) is 11.8 Å². The number of carbonyl (C=O) groups is 2. The van der Waals surface area contributed by atoms with Crippen LogP contribution in [0.1, 0.15) is 39.1 Å². The van der Waals surface area contributed by atoms with Crippen molar-refractivity contribution in [3.63, 3.8) is 0 Å². The molecule has 2 fully saturated rings. The molecule has 4 rings (SSSR count). The maximum atomic E-state index is 13.9. The van der Waals surface area contributed by atoms with Gasteiger partial charge in [0.1, 0.15) is 5.82 Å². The van der Waals surface area contributed by atoms with Crippen LogP contribution in [0.2, 0.25) is 0 Å². The molecule has 1 aliphatic heterocycles. The minimum absolute atomic E-state index is 0.0278. The third-order valence-electron chi connectivity index (χ3n) is 6.05. The van der Waals surface area contributed by atoms with E-state index in [-0.39, 0.29) is 17.5 Å². The van der Waals surface area contributed by atoms with Crippen molar-refractivity contribution in [2.75, 3.05) is 18.4 Å². The van der Waals surface area contributed by atoms with E-state index in [2.05, 4.69) is 5.32 Å². The molecule has 0 aromatic heterocycles. The molecule has 146 valence electrons. The molecule has 1 saturated carbocycles. The molecule has 3 N–H and O–H groups in total. The number of nitrogens with zero attached hydrogens (tertiary/aromatic N) is 1. The van der Waals surface area contributed by atoms with Crippen molar-refractivity contribution in [1.29, 1.82) is 0 Å². The molecule has 3 unspecified atom stereocenters. The largest absolute Gasteiger partial charge is 0.338 e. The monoisotopic (exact) mass is 381 g/mol. The highest BCUT2D eigenvalue weighted by molar-refractivity contribution is 6.05. The predicted molar refractivity (Wildman–Crippen MR) is 106 cm³/mol. The number of halogens is 1. The lowest BCUT2D eigenvalue weighted by Gasteiger charge is -2.19. The summed E-state index contributed by atoms with van der Waals surface area (Å²) in [5, 5.41) is 2.73. The Morgan fingerprint density at radius 3 is 2.68 bits per heavy atom. The second-order valence-corrected chi connectivity index (χ2v) is 7.84. The Morgan fingerprint density at radius 1 is 1.14 bits per heavy atom. The Kier molecular flexibility index (Phi) is 4.89. The van der Waals surface area contributed by atoms with E-state index in [0.717, 1.165) is 24.9 Å². The number of amides is 2. The number of aryl methyl sites for hydroxylation is 1. The summed E-state index contributed by atoms with van der Waals surface area (Å²) >= 11 is 0. The van der Waals surface area contributed by atoms with Gasteiger partial charge in [-0.1, -0.05) is 18.2 Å². The van der Waals surface area contributed by atoms with Crippen molar-refractivity contribution >= 4 is 17.5 Å². The van der Waals surface area contributed by atoms with Crippen LogP contribution in [0.5, 0.6) is 0 Å². The first-order chi connectivity index (χ1) is 13.4. The van der Waals surface area contributed by atoms with Crippen molar-refractivity contribution in [1.82, 2.24) is 4.90 Å². The average molecular weight is 381 g/mol. The van der Waals surface area contributed by atoms with Crippen LogP contribution in [0.25, 0.3) is 0 Å². The van der Waals surface area contributed by atoms with Gasteiger partial charge in [-0.3, -0.25) is 9.59 Å². The van der Waals surface area contributed by atoms with Crippen molar-refractivity contribution in [3.05, 3.63) is 65.0 Å². The number of rotatable bonds is 3. The fourth-order valence-electron chi connectivity index (χ4n) is 4.38. The first-order valence-electron chi connectivity index (χ1n) is 9.65. The van der Waals surface area contributed by atoms with Crippen molar-refractivity contribution in [2.24, 2.45) is 17.6 Å². The number of likely N-dealkylation sites (tertiary alicyclic amines) is 1. The van der Waals surface area contributed by atoms with Crippen LogP contribution in [0.15, 0.2) is 42.5 Å². The minimum Gasteiger partial charge on any atom is -0.338 e.